The van der Waals surface area contributed by atoms with Gasteiger partial charge in [-0.05, 0) is 0 Å². The largest absolute Gasteiger partial charge is 0.550 e. The fraction of sp³-hybridized carbons (Fsp3) is 0.571. The van der Waals surface area contributed by atoms with Crippen LogP contribution in [0.4, 0.5) is 0 Å². The van der Waals surface area contributed by atoms with Crippen LogP contribution in [0.2, 0.25) is 0 Å². The summed E-state index contributed by atoms with van der Waals surface area (Å²) in [7, 11) is 5.66. The van der Waals surface area contributed by atoms with E-state index in [9.17, 15) is 24.3 Å². The Hall–Kier alpha value is -2.26. The van der Waals surface area contributed by atoms with Crippen LogP contribution in [0.1, 0.15) is 19.8 Å². The van der Waals surface area contributed by atoms with Crippen molar-refractivity contribution in [3.05, 3.63) is 12.2 Å². The molecule has 9 nitrogen and oxygen atoms in total. The number of nitrogens with zero attached hydrogens (tertiary/aromatic N) is 1. The van der Waals surface area contributed by atoms with E-state index in [0.717, 1.165) is 0 Å². The molecule has 0 aliphatic heterocycles. The first kappa shape index (κ1) is 23.0. The van der Waals surface area contributed by atoms with Crippen LogP contribution in [-0.4, -0.2) is 72.4 Å². The molecule has 0 fully saturated rings. The van der Waals surface area contributed by atoms with Gasteiger partial charge in [-0.2, -0.15) is 0 Å². The molecule has 132 valence electrons. The summed E-state index contributed by atoms with van der Waals surface area (Å²) in [6.07, 6.45) is 0.267. The molecule has 0 aliphatic carbocycles. The molecule has 2 N–H and O–H groups in total. The summed E-state index contributed by atoms with van der Waals surface area (Å²) in [6, 6.07) is 0. The molecule has 0 aliphatic rings. The minimum absolute atomic E-state index is 0.0760. The molecule has 0 bridgehead atoms. The number of quaternary nitrogens is 1. The first-order chi connectivity index (χ1) is 10.4. The van der Waals surface area contributed by atoms with Crippen molar-refractivity contribution < 1.29 is 43.7 Å². The van der Waals surface area contributed by atoms with Gasteiger partial charge in [0.1, 0.15) is 12.6 Å². The van der Waals surface area contributed by atoms with Crippen molar-refractivity contribution in [1.29, 1.82) is 0 Å². The Morgan fingerprint density at radius 3 is 2.04 bits per heavy atom. The van der Waals surface area contributed by atoms with Crippen LogP contribution >= 0.6 is 0 Å². The van der Waals surface area contributed by atoms with Crippen LogP contribution in [0.15, 0.2) is 12.2 Å². The van der Waals surface area contributed by atoms with E-state index in [4.69, 9.17) is 10.2 Å². The normalized spacial score (nSPS) is 12.0. The number of aliphatic carboxylic acids is 2. The molecule has 0 aromatic carbocycles. The maximum absolute atomic E-state index is 10.5. The Kier molecular flexibility index (Phi) is 11.3. The number of carbonyl (C=O) groups is 4. The van der Waals surface area contributed by atoms with Gasteiger partial charge in [-0.25, -0.2) is 9.59 Å². The third-order valence-corrected chi connectivity index (χ3v) is 2.03. The SMILES string of the molecule is CCC(=O)OC(=O)/C=C/C(=O)O.C[N+](C)(C)C[C@H](O)CC(=O)[O-]. The quantitative estimate of drug-likeness (QED) is 0.243. The molecule has 0 amide bonds. The first-order valence-corrected chi connectivity index (χ1v) is 6.71. The highest BCUT2D eigenvalue weighted by atomic mass is 16.6. The van der Waals surface area contributed by atoms with Crippen LogP contribution in [0.3, 0.4) is 0 Å². The van der Waals surface area contributed by atoms with Gasteiger partial charge in [-0.15, -0.1) is 0 Å². The summed E-state index contributed by atoms with van der Waals surface area (Å²) in [5, 5.41) is 27.2. The Balaban J connectivity index is 0. The van der Waals surface area contributed by atoms with E-state index in [1.54, 1.807) is 0 Å². The Bertz CT molecular complexity index is 450. The molecule has 0 aromatic rings. The highest BCUT2D eigenvalue weighted by Crippen LogP contribution is 1.97. The topological polar surface area (TPSA) is 141 Å². The zero-order chi connectivity index (χ0) is 18.6. The van der Waals surface area contributed by atoms with Crippen LogP contribution in [0.5, 0.6) is 0 Å². The van der Waals surface area contributed by atoms with Crippen LogP contribution in [0, 0.1) is 0 Å². The number of aliphatic hydroxyl groups is 1. The van der Waals surface area contributed by atoms with Crippen molar-refractivity contribution in [1.82, 2.24) is 0 Å². The number of likely N-dealkylation sites (N-methyl/N-ethyl adjacent to an activating group) is 1. The number of carboxylic acid groups (broad SMARTS) is 2. The average Bonchev–Trinajstić information content (AvgIpc) is 2.33. The first-order valence-electron chi connectivity index (χ1n) is 6.71. The van der Waals surface area contributed by atoms with Crippen molar-refractivity contribution in [2.45, 2.75) is 25.9 Å². The molecule has 9 heteroatoms. The molecule has 0 spiro atoms. The van der Waals surface area contributed by atoms with E-state index in [1.165, 1.54) is 6.92 Å². The van der Waals surface area contributed by atoms with Crippen molar-refractivity contribution >= 4 is 23.9 Å². The summed E-state index contributed by atoms with van der Waals surface area (Å²) in [5.41, 5.74) is 0. The highest BCUT2D eigenvalue weighted by Gasteiger charge is 2.14. The lowest BCUT2D eigenvalue weighted by atomic mass is 10.2. The third-order valence-electron chi connectivity index (χ3n) is 2.03. The molecule has 23 heavy (non-hydrogen) atoms. The molecule has 0 heterocycles. The van der Waals surface area contributed by atoms with Gasteiger partial charge in [-0.1, -0.05) is 6.92 Å². The number of rotatable bonds is 7. The zero-order valence-electron chi connectivity index (χ0n) is 13.6. The Morgan fingerprint density at radius 2 is 1.70 bits per heavy atom. The van der Waals surface area contributed by atoms with E-state index < -0.39 is 30.0 Å². The number of ether oxygens (including phenoxy) is 1. The summed E-state index contributed by atoms with van der Waals surface area (Å²) >= 11 is 0. The van der Waals surface area contributed by atoms with Gasteiger partial charge in [0.15, 0.2) is 0 Å². The number of esters is 2. The minimum atomic E-state index is -1.27. The van der Waals surface area contributed by atoms with E-state index in [2.05, 4.69) is 4.74 Å². The summed E-state index contributed by atoms with van der Waals surface area (Å²) in [4.78, 5) is 40.9. The molecular formula is C14H23NO8. The number of hydrogen-bond donors (Lipinski definition) is 2. The van der Waals surface area contributed by atoms with Gasteiger partial charge in [0, 0.05) is 31.0 Å². The highest BCUT2D eigenvalue weighted by molar-refractivity contribution is 5.95. The smallest absolute Gasteiger partial charge is 0.338 e. The van der Waals surface area contributed by atoms with Crippen molar-refractivity contribution in [3.63, 3.8) is 0 Å². The van der Waals surface area contributed by atoms with Gasteiger partial charge in [0.2, 0.25) is 0 Å². The van der Waals surface area contributed by atoms with Gasteiger partial charge < -0.3 is 29.3 Å². The predicted octanol–water partition coefficient (Wildman–Crippen LogP) is -1.70. The maximum atomic E-state index is 10.5. The Morgan fingerprint density at radius 1 is 1.17 bits per heavy atom. The fourth-order valence-corrected chi connectivity index (χ4v) is 1.25. The molecule has 0 unspecified atom stereocenters. The molecular weight excluding hydrogens is 310 g/mol. The second-order valence-corrected chi connectivity index (χ2v) is 5.52. The molecule has 0 radical (unpaired) electrons. The maximum Gasteiger partial charge on any atom is 0.338 e. The van der Waals surface area contributed by atoms with Gasteiger partial charge in [-0.3, -0.25) is 4.79 Å². The molecule has 0 saturated carbocycles. The summed E-state index contributed by atoms with van der Waals surface area (Å²) in [6.45, 7) is 1.95. The van der Waals surface area contributed by atoms with Gasteiger partial charge in [0.25, 0.3) is 0 Å². The zero-order valence-corrected chi connectivity index (χ0v) is 13.6. The lowest BCUT2D eigenvalue weighted by Crippen LogP contribution is -2.43. The average molecular weight is 333 g/mol. The lowest BCUT2D eigenvalue weighted by Gasteiger charge is -2.26. The van der Waals surface area contributed by atoms with E-state index in [-0.39, 0.29) is 12.8 Å². The second-order valence-electron chi connectivity index (χ2n) is 5.52. The van der Waals surface area contributed by atoms with E-state index >= 15 is 0 Å². The number of carboxylic acids is 2. The predicted molar refractivity (Wildman–Crippen MR) is 76.7 cm³/mol. The minimum Gasteiger partial charge on any atom is -0.550 e. The number of hydrogen-bond acceptors (Lipinski definition) is 7. The third kappa shape index (κ3) is 19.7. The van der Waals surface area contributed by atoms with Crippen LogP contribution < -0.4 is 5.11 Å². The lowest BCUT2D eigenvalue weighted by molar-refractivity contribution is -0.873. The van der Waals surface area contributed by atoms with Crippen molar-refractivity contribution in [2.75, 3.05) is 27.7 Å². The van der Waals surface area contributed by atoms with Crippen molar-refractivity contribution in [3.8, 4) is 0 Å². The standard InChI is InChI=1S/C7H15NO3.C7H8O5/c1-8(2,3)5-6(9)4-7(10)11;1-2-6(10)12-7(11)4-3-5(8)9/h6,9H,4-5H2,1-3H3;3-4H,2H2,1H3,(H,8,9)/b;4-3+/t6-;/m1./s1. The molecule has 0 aromatic heterocycles. The van der Waals surface area contributed by atoms with Crippen LogP contribution in [-0.2, 0) is 23.9 Å². The van der Waals surface area contributed by atoms with Gasteiger partial charge >= 0.3 is 17.9 Å². The van der Waals surface area contributed by atoms with Gasteiger partial charge in [0.05, 0.1) is 21.1 Å². The molecule has 1 atom stereocenters. The molecule has 0 saturated heterocycles. The number of carbonyl (C=O) groups excluding carboxylic acids is 3. The fourth-order valence-electron chi connectivity index (χ4n) is 1.25. The monoisotopic (exact) mass is 333 g/mol. The summed E-state index contributed by atoms with van der Waals surface area (Å²) in [5.74, 6) is -4.12. The Labute approximate surface area is 134 Å². The van der Waals surface area contributed by atoms with E-state index in [0.29, 0.717) is 23.2 Å². The second kappa shape index (κ2) is 11.3. The summed E-state index contributed by atoms with van der Waals surface area (Å²) < 4.78 is 4.67. The van der Waals surface area contributed by atoms with E-state index in [1.807, 2.05) is 21.1 Å². The van der Waals surface area contributed by atoms with Crippen LogP contribution in [0.25, 0.3) is 0 Å². The molecule has 0 rings (SSSR count). The number of aliphatic hydroxyl groups excluding tert-OH is 1. The van der Waals surface area contributed by atoms with Crippen molar-refractivity contribution in [2.24, 2.45) is 0 Å².